The van der Waals surface area contributed by atoms with E-state index < -0.39 is 5.97 Å². The quantitative estimate of drug-likeness (QED) is 0.496. The topological polar surface area (TPSA) is 97.5 Å². The van der Waals surface area contributed by atoms with Gasteiger partial charge in [0.15, 0.2) is 0 Å². The summed E-state index contributed by atoms with van der Waals surface area (Å²) in [6, 6.07) is 12.6. The summed E-state index contributed by atoms with van der Waals surface area (Å²) in [4.78, 5) is 15.9. The molecule has 0 fully saturated rings. The zero-order valence-electron chi connectivity index (χ0n) is 18.6. The van der Waals surface area contributed by atoms with Crippen molar-refractivity contribution < 1.29 is 19.2 Å². The zero-order chi connectivity index (χ0) is 22.6. The van der Waals surface area contributed by atoms with Crippen LogP contribution in [-0.2, 0) is 30.5 Å². The van der Waals surface area contributed by atoms with Crippen LogP contribution in [0.15, 0.2) is 47.1 Å². The number of rotatable bonds is 9. The van der Waals surface area contributed by atoms with Gasteiger partial charge in [-0.2, -0.15) is 0 Å². The maximum Gasteiger partial charge on any atom is 0.303 e. The number of nitrogens with one attached hydrogen (secondary N) is 1. The van der Waals surface area contributed by atoms with Crippen LogP contribution >= 0.6 is 0 Å². The summed E-state index contributed by atoms with van der Waals surface area (Å²) in [5.41, 5.74) is 4.36. The summed E-state index contributed by atoms with van der Waals surface area (Å²) in [6.07, 6.45) is 8.36. The van der Waals surface area contributed by atoms with Crippen molar-refractivity contribution in [2.75, 3.05) is 11.9 Å². The molecule has 2 aliphatic rings. The highest BCUT2D eigenvalue weighted by Crippen LogP contribution is 2.32. The van der Waals surface area contributed by atoms with Gasteiger partial charge in [-0.25, -0.2) is 4.98 Å². The number of ether oxygens (including phenoxy) is 1. The Labute approximate surface area is 193 Å². The van der Waals surface area contributed by atoms with E-state index in [-0.39, 0.29) is 12.3 Å². The van der Waals surface area contributed by atoms with E-state index in [2.05, 4.69) is 21.5 Å². The Hall–Kier alpha value is -3.35. The number of benzene rings is 1. The zero-order valence-corrected chi connectivity index (χ0v) is 18.6. The predicted molar refractivity (Wildman–Crippen MR) is 124 cm³/mol. The summed E-state index contributed by atoms with van der Waals surface area (Å²) in [7, 11) is 0. The molecule has 2 aromatic heterocycles. The molecule has 2 unspecified atom stereocenters. The summed E-state index contributed by atoms with van der Waals surface area (Å²) in [6.45, 7) is 0.688. The van der Waals surface area contributed by atoms with Gasteiger partial charge in [0, 0.05) is 37.1 Å². The number of nitrogens with zero attached hydrogens (tertiary/aromatic N) is 2. The van der Waals surface area contributed by atoms with Crippen LogP contribution in [0.25, 0.3) is 0 Å². The number of hydrogen-bond donors (Lipinski definition) is 2. The largest absolute Gasteiger partial charge is 0.493 e. The Morgan fingerprint density at radius 1 is 1.21 bits per heavy atom. The normalized spacial score (nSPS) is 17.5. The molecule has 4 heterocycles. The molecule has 0 saturated carbocycles. The Morgan fingerprint density at radius 2 is 2.15 bits per heavy atom. The Kier molecular flexibility index (Phi) is 6.28. The van der Waals surface area contributed by atoms with Crippen LogP contribution in [-0.4, -0.2) is 33.9 Å². The maximum absolute atomic E-state index is 11.5. The Morgan fingerprint density at radius 3 is 3.06 bits per heavy atom. The second-order valence-electron chi connectivity index (χ2n) is 9.03. The fourth-order valence-corrected chi connectivity index (χ4v) is 4.88. The van der Waals surface area contributed by atoms with Crippen molar-refractivity contribution >= 4 is 11.8 Å². The Balaban J connectivity index is 1.17. The van der Waals surface area contributed by atoms with E-state index >= 15 is 0 Å². The number of carbonyl (C=O) groups is 1. The van der Waals surface area contributed by atoms with Gasteiger partial charge in [0.1, 0.15) is 17.3 Å². The average molecular weight is 448 g/mol. The minimum atomic E-state index is -0.822. The fourth-order valence-electron chi connectivity index (χ4n) is 4.88. The Bertz CT molecular complexity index is 1130. The molecule has 2 atom stereocenters. The minimum Gasteiger partial charge on any atom is -0.493 e. The second-order valence-corrected chi connectivity index (χ2v) is 9.03. The molecule has 2 N–H and O–H groups in total. The molecule has 5 rings (SSSR count). The number of aryl methyl sites for hydroxylation is 2. The van der Waals surface area contributed by atoms with E-state index in [9.17, 15) is 9.90 Å². The highest BCUT2D eigenvalue weighted by molar-refractivity contribution is 5.68. The van der Waals surface area contributed by atoms with Crippen LogP contribution in [0.1, 0.15) is 59.7 Å². The number of hydrogen-bond acceptors (Lipinski definition) is 6. The van der Waals surface area contributed by atoms with E-state index in [1.165, 1.54) is 11.1 Å². The molecular formula is C26H29N3O4. The van der Waals surface area contributed by atoms with Gasteiger partial charge < -0.3 is 19.7 Å². The first-order valence-corrected chi connectivity index (χ1v) is 11.8. The third-order valence-electron chi connectivity index (χ3n) is 6.65. The van der Waals surface area contributed by atoms with Crippen molar-refractivity contribution in [1.29, 1.82) is 0 Å². The number of pyridine rings is 1. The molecule has 1 aromatic carbocycles. The average Bonchev–Trinajstić information content (AvgIpc) is 3.47. The first-order valence-electron chi connectivity index (χ1n) is 11.8. The van der Waals surface area contributed by atoms with Gasteiger partial charge in [-0.05, 0) is 60.9 Å². The van der Waals surface area contributed by atoms with Gasteiger partial charge in [-0.3, -0.25) is 4.79 Å². The second kappa shape index (κ2) is 9.65. The van der Waals surface area contributed by atoms with Crippen molar-refractivity contribution in [1.82, 2.24) is 10.1 Å². The van der Waals surface area contributed by atoms with Crippen molar-refractivity contribution in [3.63, 3.8) is 0 Å². The molecule has 0 bridgehead atoms. The van der Waals surface area contributed by atoms with E-state index in [4.69, 9.17) is 9.26 Å². The van der Waals surface area contributed by atoms with E-state index in [0.717, 1.165) is 67.1 Å². The molecule has 7 heteroatoms. The summed E-state index contributed by atoms with van der Waals surface area (Å²) < 4.78 is 11.3. The molecule has 0 saturated heterocycles. The van der Waals surface area contributed by atoms with Crippen LogP contribution < -0.4 is 10.1 Å². The standard InChI is InChI=1S/C26H29N3O4/c30-25(31)15-20(19-7-6-17-10-12-32-24(17)14-19)13-23-16-22(29-33-23)5-1-4-21-9-8-18-3-2-11-27-26(18)28-21/h2-3,6-7,11,14,16,20-21H,1,4-5,8-10,12-13,15H2,(H,27,28)(H,30,31). The number of aromatic nitrogens is 2. The molecule has 7 nitrogen and oxygen atoms in total. The van der Waals surface area contributed by atoms with Crippen LogP contribution in [0.3, 0.4) is 0 Å². The van der Waals surface area contributed by atoms with Gasteiger partial charge in [0.2, 0.25) is 0 Å². The van der Waals surface area contributed by atoms with Crippen LogP contribution in [0.4, 0.5) is 5.82 Å². The number of anilines is 1. The van der Waals surface area contributed by atoms with Gasteiger partial charge in [0.25, 0.3) is 0 Å². The monoisotopic (exact) mass is 447 g/mol. The summed E-state index contributed by atoms with van der Waals surface area (Å²) in [5.74, 6) is 1.61. The fraction of sp³-hybridized carbons (Fsp3) is 0.423. The number of fused-ring (bicyclic) bond motifs is 2. The molecule has 0 amide bonds. The minimum absolute atomic E-state index is 0.0394. The van der Waals surface area contributed by atoms with Gasteiger partial charge in [-0.1, -0.05) is 23.4 Å². The lowest BCUT2D eigenvalue weighted by molar-refractivity contribution is -0.137. The molecule has 0 radical (unpaired) electrons. The first kappa shape index (κ1) is 21.5. The molecular weight excluding hydrogens is 418 g/mol. The van der Waals surface area contributed by atoms with E-state index in [0.29, 0.717) is 19.1 Å². The van der Waals surface area contributed by atoms with Gasteiger partial charge in [-0.15, -0.1) is 0 Å². The number of carboxylic acids is 1. The highest BCUT2D eigenvalue weighted by Gasteiger charge is 2.22. The lowest BCUT2D eigenvalue weighted by Crippen LogP contribution is -2.26. The third kappa shape index (κ3) is 5.18. The van der Waals surface area contributed by atoms with Crippen molar-refractivity contribution in [3.05, 3.63) is 70.7 Å². The maximum atomic E-state index is 11.5. The first-order chi connectivity index (χ1) is 16.1. The molecule has 3 aromatic rings. The molecule has 172 valence electrons. The van der Waals surface area contributed by atoms with Crippen molar-refractivity contribution in [2.24, 2.45) is 0 Å². The van der Waals surface area contributed by atoms with Gasteiger partial charge >= 0.3 is 5.97 Å². The van der Waals surface area contributed by atoms with Crippen LogP contribution in [0, 0.1) is 0 Å². The predicted octanol–water partition coefficient (Wildman–Crippen LogP) is 4.56. The summed E-state index contributed by atoms with van der Waals surface area (Å²) >= 11 is 0. The lowest BCUT2D eigenvalue weighted by atomic mass is 9.90. The number of aliphatic carboxylic acids is 1. The third-order valence-corrected chi connectivity index (χ3v) is 6.65. The SMILES string of the molecule is O=C(O)CC(Cc1cc(CCCC2CCc3cccnc3N2)no1)c1ccc2c(c1)OCC2. The highest BCUT2D eigenvalue weighted by atomic mass is 16.5. The molecule has 33 heavy (non-hydrogen) atoms. The van der Waals surface area contributed by atoms with E-state index in [1.807, 2.05) is 36.5 Å². The van der Waals surface area contributed by atoms with E-state index in [1.54, 1.807) is 0 Å². The van der Waals surface area contributed by atoms with Crippen LogP contribution in [0.2, 0.25) is 0 Å². The molecule has 0 spiro atoms. The lowest BCUT2D eigenvalue weighted by Gasteiger charge is -2.25. The smallest absolute Gasteiger partial charge is 0.303 e. The van der Waals surface area contributed by atoms with Gasteiger partial charge in [0.05, 0.1) is 18.7 Å². The molecule has 2 aliphatic heterocycles. The van der Waals surface area contributed by atoms with Crippen molar-refractivity contribution in [3.8, 4) is 5.75 Å². The van der Waals surface area contributed by atoms with Crippen molar-refractivity contribution in [2.45, 2.75) is 63.3 Å². The number of carboxylic acid groups (broad SMARTS) is 1. The summed E-state index contributed by atoms with van der Waals surface area (Å²) in [5, 5.41) is 17.2. The van der Waals surface area contributed by atoms with Crippen LogP contribution in [0.5, 0.6) is 5.75 Å². The molecule has 0 aliphatic carbocycles.